The second-order valence-corrected chi connectivity index (χ2v) is 3.58. The summed E-state index contributed by atoms with van der Waals surface area (Å²) < 4.78 is 0. The summed E-state index contributed by atoms with van der Waals surface area (Å²) in [7, 11) is 0. The molecule has 0 saturated heterocycles. The summed E-state index contributed by atoms with van der Waals surface area (Å²) in [6, 6.07) is 6.97. The summed E-state index contributed by atoms with van der Waals surface area (Å²) in [6.45, 7) is 1.68. The van der Waals surface area contributed by atoms with Gasteiger partial charge < -0.3 is 0 Å². The van der Waals surface area contributed by atoms with E-state index >= 15 is 0 Å². The topological polar surface area (TPSA) is 17.1 Å². The number of aldehydes is 1. The van der Waals surface area contributed by atoms with Crippen molar-refractivity contribution in [3.8, 4) is 0 Å². The molecule has 0 aliphatic rings. The molecule has 0 fully saturated rings. The first-order valence-corrected chi connectivity index (χ1v) is 4.48. The Morgan fingerprint density at radius 3 is 2.23 bits per heavy atom. The van der Waals surface area contributed by atoms with E-state index in [0.29, 0.717) is 15.6 Å². The minimum absolute atomic E-state index is 0.484. The van der Waals surface area contributed by atoms with Gasteiger partial charge in [0.1, 0.15) is 0 Å². The predicted octanol–water partition coefficient (Wildman–Crippen LogP) is 3.51. The lowest BCUT2D eigenvalue weighted by molar-refractivity contribution is -0.103. The molecule has 68 valence electrons. The van der Waals surface area contributed by atoms with Crippen LogP contribution in [0.3, 0.4) is 0 Å². The van der Waals surface area contributed by atoms with E-state index in [9.17, 15) is 4.79 Å². The molecular formula is C10H8Cl2O. The van der Waals surface area contributed by atoms with Gasteiger partial charge in [-0.2, -0.15) is 0 Å². The van der Waals surface area contributed by atoms with Gasteiger partial charge in [-0.25, -0.2) is 0 Å². The highest BCUT2D eigenvalue weighted by molar-refractivity contribution is 6.36. The maximum absolute atomic E-state index is 10.7. The molecule has 0 bridgehead atoms. The lowest BCUT2D eigenvalue weighted by atomic mass is 10.1. The van der Waals surface area contributed by atoms with Crippen LogP contribution in [0.5, 0.6) is 0 Å². The van der Waals surface area contributed by atoms with Gasteiger partial charge in [0, 0.05) is 15.6 Å². The van der Waals surface area contributed by atoms with E-state index in [1.165, 1.54) is 0 Å². The number of hydrogen-bond acceptors (Lipinski definition) is 1. The standard InChI is InChI=1S/C10H8Cl2O/c1-7(11)10(6-13)8-2-4-9(12)5-3-8/h2-6H,1H3/b10-7-. The molecular weight excluding hydrogens is 207 g/mol. The molecule has 0 spiro atoms. The fraction of sp³-hybridized carbons (Fsp3) is 0.100. The van der Waals surface area contributed by atoms with E-state index in [1.54, 1.807) is 31.2 Å². The third-order valence-electron chi connectivity index (χ3n) is 1.64. The van der Waals surface area contributed by atoms with Crippen molar-refractivity contribution < 1.29 is 4.79 Å². The summed E-state index contributed by atoms with van der Waals surface area (Å²) >= 11 is 11.4. The van der Waals surface area contributed by atoms with Gasteiger partial charge in [0.15, 0.2) is 6.29 Å². The van der Waals surface area contributed by atoms with Crippen LogP contribution in [-0.2, 0) is 4.79 Å². The molecule has 1 aromatic carbocycles. The van der Waals surface area contributed by atoms with Crippen LogP contribution < -0.4 is 0 Å². The van der Waals surface area contributed by atoms with E-state index in [4.69, 9.17) is 23.2 Å². The van der Waals surface area contributed by atoms with Crippen LogP contribution >= 0.6 is 23.2 Å². The van der Waals surface area contributed by atoms with Gasteiger partial charge in [-0.05, 0) is 24.6 Å². The SMILES string of the molecule is C/C(Cl)=C(\C=O)c1ccc(Cl)cc1. The molecule has 0 aliphatic carbocycles. The molecule has 0 aliphatic heterocycles. The maximum atomic E-state index is 10.7. The Hall–Kier alpha value is -0.790. The number of carbonyl (C=O) groups excluding carboxylic acids is 1. The first-order chi connectivity index (χ1) is 6.15. The molecule has 0 unspecified atom stereocenters. The molecule has 1 nitrogen and oxygen atoms in total. The van der Waals surface area contributed by atoms with Crippen LogP contribution in [0.4, 0.5) is 0 Å². The summed E-state index contributed by atoms with van der Waals surface area (Å²) in [5.41, 5.74) is 1.28. The Bertz CT molecular complexity index is 334. The second kappa shape index (κ2) is 4.45. The molecule has 0 saturated carbocycles. The summed E-state index contributed by atoms with van der Waals surface area (Å²) in [4.78, 5) is 10.7. The van der Waals surface area contributed by atoms with Crippen LogP contribution in [-0.4, -0.2) is 6.29 Å². The zero-order valence-electron chi connectivity index (χ0n) is 7.05. The number of rotatable bonds is 2. The van der Waals surface area contributed by atoms with Gasteiger partial charge >= 0.3 is 0 Å². The van der Waals surface area contributed by atoms with Crippen molar-refractivity contribution in [2.75, 3.05) is 0 Å². The first kappa shape index (κ1) is 10.3. The average molecular weight is 215 g/mol. The van der Waals surface area contributed by atoms with E-state index in [0.717, 1.165) is 11.8 Å². The van der Waals surface area contributed by atoms with Crippen molar-refractivity contribution >= 4 is 35.1 Å². The molecule has 0 N–H and O–H groups in total. The Labute approximate surface area is 87.0 Å². The summed E-state index contributed by atoms with van der Waals surface area (Å²) in [5.74, 6) is 0. The van der Waals surface area contributed by atoms with Crippen molar-refractivity contribution in [2.45, 2.75) is 6.92 Å². The number of hydrogen-bond donors (Lipinski definition) is 0. The molecule has 0 aromatic heterocycles. The monoisotopic (exact) mass is 214 g/mol. The van der Waals surface area contributed by atoms with E-state index in [2.05, 4.69) is 0 Å². The van der Waals surface area contributed by atoms with Gasteiger partial charge in [0.05, 0.1) is 0 Å². The van der Waals surface area contributed by atoms with E-state index < -0.39 is 0 Å². The third-order valence-corrected chi connectivity index (χ3v) is 2.10. The first-order valence-electron chi connectivity index (χ1n) is 3.72. The second-order valence-electron chi connectivity index (χ2n) is 2.57. The van der Waals surface area contributed by atoms with Crippen LogP contribution in [0.1, 0.15) is 12.5 Å². The molecule has 0 amide bonds. The van der Waals surface area contributed by atoms with Gasteiger partial charge in [-0.15, -0.1) is 0 Å². The normalized spacial score (nSPS) is 12.2. The molecule has 0 heterocycles. The quantitative estimate of drug-likeness (QED) is 0.545. The minimum atomic E-state index is 0.484. The van der Waals surface area contributed by atoms with Crippen LogP contribution in [0.2, 0.25) is 5.02 Å². The van der Waals surface area contributed by atoms with Crippen molar-refractivity contribution in [2.24, 2.45) is 0 Å². The van der Waals surface area contributed by atoms with Gasteiger partial charge in [-0.3, -0.25) is 4.79 Å². The number of allylic oxidation sites excluding steroid dienone is 2. The Kier molecular flexibility index (Phi) is 3.52. The smallest absolute Gasteiger partial charge is 0.151 e. The zero-order valence-corrected chi connectivity index (χ0v) is 8.56. The lowest BCUT2D eigenvalue weighted by Gasteiger charge is -2.00. The van der Waals surface area contributed by atoms with Gasteiger partial charge in [-0.1, -0.05) is 35.3 Å². The van der Waals surface area contributed by atoms with Gasteiger partial charge in [0.25, 0.3) is 0 Å². The fourth-order valence-corrected chi connectivity index (χ4v) is 1.26. The summed E-state index contributed by atoms with van der Waals surface area (Å²) in [6.07, 6.45) is 0.742. The lowest BCUT2D eigenvalue weighted by Crippen LogP contribution is -1.86. The summed E-state index contributed by atoms with van der Waals surface area (Å²) in [5, 5.41) is 1.12. The average Bonchev–Trinajstić information content (AvgIpc) is 2.09. The maximum Gasteiger partial charge on any atom is 0.151 e. The van der Waals surface area contributed by atoms with Crippen molar-refractivity contribution in [3.63, 3.8) is 0 Å². The highest BCUT2D eigenvalue weighted by atomic mass is 35.5. The molecule has 13 heavy (non-hydrogen) atoms. The van der Waals surface area contributed by atoms with Crippen molar-refractivity contribution in [3.05, 3.63) is 39.9 Å². The number of carbonyl (C=O) groups is 1. The van der Waals surface area contributed by atoms with E-state index in [-0.39, 0.29) is 0 Å². The third kappa shape index (κ3) is 2.58. The number of benzene rings is 1. The predicted molar refractivity (Wildman–Crippen MR) is 56.0 cm³/mol. The minimum Gasteiger partial charge on any atom is -0.298 e. The van der Waals surface area contributed by atoms with Crippen LogP contribution in [0.15, 0.2) is 29.3 Å². The number of halogens is 2. The highest BCUT2D eigenvalue weighted by Crippen LogP contribution is 2.20. The van der Waals surface area contributed by atoms with E-state index in [1.807, 2.05) is 0 Å². The van der Waals surface area contributed by atoms with Crippen molar-refractivity contribution in [1.82, 2.24) is 0 Å². The van der Waals surface area contributed by atoms with Crippen LogP contribution in [0, 0.1) is 0 Å². The van der Waals surface area contributed by atoms with Gasteiger partial charge in [0.2, 0.25) is 0 Å². The molecule has 1 aromatic rings. The fourth-order valence-electron chi connectivity index (χ4n) is 0.978. The van der Waals surface area contributed by atoms with Crippen molar-refractivity contribution in [1.29, 1.82) is 0 Å². The Morgan fingerprint density at radius 1 is 1.31 bits per heavy atom. The molecule has 0 atom stereocenters. The Balaban J connectivity index is 3.15. The molecule has 3 heteroatoms. The van der Waals surface area contributed by atoms with Crippen LogP contribution in [0.25, 0.3) is 5.57 Å². The molecule has 0 radical (unpaired) electrons. The largest absolute Gasteiger partial charge is 0.298 e. The zero-order chi connectivity index (χ0) is 9.84. The Morgan fingerprint density at radius 2 is 1.85 bits per heavy atom. The molecule has 1 rings (SSSR count). The highest BCUT2D eigenvalue weighted by Gasteiger charge is 2.02.